The fourth-order valence-corrected chi connectivity index (χ4v) is 1.58. The first-order valence-corrected chi connectivity index (χ1v) is 5.55. The molecule has 0 spiro atoms. The number of rotatable bonds is 3. The lowest BCUT2D eigenvalue weighted by atomic mass is 10.2. The number of carbonyl (C=O) groups is 1. The topological polar surface area (TPSA) is 83.2 Å². The lowest BCUT2D eigenvalue weighted by Gasteiger charge is -2.09. The standard InChI is InChI=1S/C13H7ClN2O3/c14-8-1-2-11(13(17)18)12(5-8)19-10-3-4-16-9(6-10)7-15/h1-6H,(H,17,18). The van der Waals surface area contributed by atoms with Gasteiger partial charge in [-0.3, -0.25) is 0 Å². The second-order valence-electron chi connectivity index (χ2n) is 3.54. The maximum Gasteiger partial charge on any atom is 0.339 e. The van der Waals surface area contributed by atoms with Gasteiger partial charge in [-0.25, -0.2) is 9.78 Å². The highest BCUT2D eigenvalue weighted by atomic mass is 35.5. The van der Waals surface area contributed by atoms with E-state index in [4.69, 9.17) is 26.7 Å². The van der Waals surface area contributed by atoms with E-state index in [0.717, 1.165) is 0 Å². The third kappa shape index (κ3) is 3.00. The average molecular weight is 275 g/mol. The monoisotopic (exact) mass is 274 g/mol. The summed E-state index contributed by atoms with van der Waals surface area (Å²) in [5.41, 5.74) is 0.163. The SMILES string of the molecule is N#Cc1cc(Oc2cc(Cl)ccc2C(=O)O)ccn1. The number of pyridine rings is 1. The van der Waals surface area contributed by atoms with Gasteiger partial charge in [0.15, 0.2) is 0 Å². The van der Waals surface area contributed by atoms with Crippen LogP contribution >= 0.6 is 11.6 Å². The van der Waals surface area contributed by atoms with Gasteiger partial charge in [0.05, 0.1) is 0 Å². The average Bonchev–Trinajstić information content (AvgIpc) is 2.38. The summed E-state index contributed by atoms with van der Waals surface area (Å²) in [7, 11) is 0. The zero-order valence-corrected chi connectivity index (χ0v) is 10.3. The van der Waals surface area contributed by atoms with E-state index >= 15 is 0 Å². The molecule has 6 heteroatoms. The van der Waals surface area contributed by atoms with Crippen molar-refractivity contribution in [3.63, 3.8) is 0 Å². The Balaban J connectivity index is 2.40. The first-order valence-electron chi connectivity index (χ1n) is 5.17. The second-order valence-corrected chi connectivity index (χ2v) is 3.97. The zero-order valence-electron chi connectivity index (χ0n) is 9.50. The summed E-state index contributed by atoms with van der Waals surface area (Å²) >= 11 is 5.81. The molecule has 0 fully saturated rings. The number of hydrogen-bond donors (Lipinski definition) is 1. The summed E-state index contributed by atoms with van der Waals surface area (Å²) in [5.74, 6) is -0.701. The Bertz CT molecular complexity index is 680. The van der Waals surface area contributed by atoms with Gasteiger partial charge in [-0.2, -0.15) is 5.26 Å². The molecule has 0 aliphatic carbocycles. The Kier molecular flexibility index (Phi) is 3.64. The van der Waals surface area contributed by atoms with Gasteiger partial charge in [0.25, 0.3) is 0 Å². The predicted octanol–water partition coefficient (Wildman–Crippen LogP) is 3.10. The molecule has 0 aliphatic heterocycles. The molecule has 0 radical (unpaired) electrons. The molecule has 2 rings (SSSR count). The number of aromatic carboxylic acids is 1. The number of carboxylic acid groups (broad SMARTS) is 1. The van der Waals surface area contributed by atoms with Crippen molar-refractivity contribution in [3.8, 4) is 17.6 Å². The molecular formula is C13H7ClN2O3. The molecule has 0 unspecified atom stereocenters. The Labute approximate surface area is 113 Å². The van der Waals surface area contributed by atoms with E-state index in [1.807, 2.05) is 6.07 Å². The molecule has 94 valence electrons. The van der Waals surface area contributed by atoms with Gasteiger partial charge in [0, 0.05) is 23.4 Å². The van der Waals surface area contributed by atoms with Crippen LogP contribution in [0.5, 0.6) is 11.5 Å². The Morgan fingerprint density at radius 2 is 2.16 bits per heavy atom. The zero-order chi connectivity index (χ0) is 13.8. The number of hydrogen-bond acceptors (Lipinski definition) is 4. The van der Waals surface area contributed by atoms with Crippen LogP contribution in [0.25, 0.3) is 0 Å². The van der Waals surface area contributed by atoms with E-state index < -0.39 is 5.97 Å². The highest BCUT2D eigenvalue weighted by molar-refractivity contribution is 6.30. The number of nitrogens with zero attached hydrogens (tertiary/aromatic N) is 2. The number of ether oxygens (including phenoxy) is 1. The summed E-state index contributed by atoms with van der Waals surface area (Å²) < 4.78 is 5.44. The molecule has 0 saturated carbocycles. The molecule has 1 N–H and O–H groups in total. The highest BCUT2D eigenvalue weighted by Crippen LogP contribution is 2.28. The van der Waals surface area contributed by atoms with E-state index in [-0.39, 0.29) is 17.0 Å². The number of nitriles is 1. The van der Waals surface area contributed by atoms with Gasteiger partial charge in [-0.15, -0.1) is 0 Å². The smallest absolute Gasteiger partial charge is 0.339 e. The second kappa shape index (κ2) is 5.38. The molecule has 1 heterocycles. The number of carboxylic acids is 1. The maximum atomic E-state index is 11.1. The van der Waals surface area contributed by atoms with Crippen LogP contribution in [-0.4, -0.2) is 16.1 Å². The molecule has 0 saturated heterocycles. The van der Waals surface area contributed by atoms with Gasteiger partial charge < -0.3 is 9.84 Å². The van der Waals surface area contributed by atoms with Crippen molar-refractivity contribution < 1.29 is 14.6 Å². The van der Waals surface area contributed by atoms with Gasteiger partial charge in [0.1, 0.15) is 28.8 Å². The van der Waals surface area contributed by atoms with Crippen LogP contribution < -0.4 is 4.74 Å². The molecule has 5 nitrogen and oxygen atoms in total. The summed E-state index contributed by atoms with van der Waals surface area (Å²) in [4.78, 5) is 14.8. The van der Waals surface area contributed by atoms with Crippen molar-refractivity contribution in [2.75, 3.05) is 0 Å². The minimum atomic E-state index is -1.12. The van der Waals surface area contributed by atoms with Crippen LogP contribution in [0.3, 0.4) is 0 Å². The highest BCUT2D eigenvalue weighted by Gasteiger charge is 2.12. The van der Waals surface area contributed by atoms with E-state index in [2.05, 4.69) is 4.98 Å². The molecule has 2 aromatic rings. The lowest BCUT2D eigenvalue weighted by molar-refractivity contribution is 0.0694. The van der Waals surface area contributed by atoms with Crippen LogP contribution in [0, 0.1) is 11.3 Å². The minimum absolute atomic E-state index is 0.0141. The fourth-order valence-electron chi connectivity index (χ4n) is 1.42. The summed E-state index contributed by atoms with van der Waals surface area (Å²) in [5, 5.41) is 18.1. The summed E-state index contributed by atoms with van der Waals surface area (Å²) in [6, 6.07) is 9.02. The summed E-state index contributed by atoms with van der Waals surface area (Å²) in [6.07, 6.45) is 1.40. The third-order valence-electron chi connectivity index (χ3n) is 2.25. The third-order valence-corrected chi connectivity index (χ3v) is 2.48. The van der Waals surface area contributed by atoms with Crippen molar-refractivity contribution in [2.45, 2.75) is 0 Å². The van der Waals surface area contributed by atoms with Crippen molar-refractivity contribution in [1.29, 1.82) is 5.26 Å². The molecular weight excluding hydrogens is 268 g/mol. The number of benzene rings is 1. The summed E-state index contributed by atoms with van der Waals surface area (Å²) in [6.45, 7) is 0. The van der Waals surface area contributed by atoms with Crippen LogP contribution in [0.2, 0.25) is 5.02 Å². The fraction of sp³-hybridized carbons (Fsp3) is 0. The van der Waals surface area contributed by atoms with Crippen molar-refractivity contribution in [1.82, 2.24) is 4.98 Å². The Hall–Kier alpha value is -2.58. The van der Waals surface area contributed by atoms with Crippen molar-refractivity contribution in [2.24, 2.45) is 0 Å². The van der Waals surface area contributed by atoms with Gasteiger partial charge in [-0.05, 0) is 18.2 Å². The predicted molar refractivity (Wildman–Crippen MR) is 67.4 cm³/mol. The first kappa shape index (κ1) is 12.9. The van der Waals surface area contributed by atoms with Gasteiger partial charge in [-0.1, -0.05) is 11.6 Å². The lowest BCUT2D eigenvalue weighted by Crippen LogP contribution is -2.00. The molecule has 0 aliphatic rings. The van der Waals surface area contributed by atoms with Crippen LogP contribution in [-0.2, 0) is 0 Å². The van der Waals surface area contributed by atoms with E-state index in [0.29, 0.717) is 10.8 Å². The Morgan fingerprint density at radius 1 is 1.37 bits per heavy atom. The molecule has 0 bridgehead atoms. The van der Waals surface area contributed by atoms with E-state index in [1.54, 1.807) is 0 Å². The maximum absolute atomic E-state index is 11.1. The van der Waals surface area contributed by atoms with Crippen LogP contribution in [0.15, 0.2) is 36.5 Å². The quantitative estimate of drug-likeness (QED) is 0.930. The molecule has 0 amide bonds. The molecule has 0 atom stereocenters. The normalized spacial score (nSPS) is 9.68. The van der Waals surface area contributed by atoms with E-state index in [1.165, 1.54) is 36.5 Å². The van der Waals surface area contributed by atoms with Crippen molar-refractivity contribution in [3.05, 3.63) is 52.8 Å². The largest absolute Gasteiger partial charge is 0.478 e. The first-order chi connectivity index (χ1) is 9.10. The molecule has 1 aromatic carbocycles. The molecule has 19 heavy (non-hydrogen) atoms. The number of halogens is 1. The van der Waals surface area contributed by atoms with Crippen molar-refractivity contribution >= 4 is 17.6 Å². The van der Waals surface area contributed by atoms with Crippen LogP contribution in [0.4, 0.5) is 0 Å². The minimum Gasteiger partial charge on any atom is -0.478 e. The number of aromatic nitrogens is 1. The molecule has 1 aromatic heterocycles. The Morgan fingerprint density at radius 3 is 2.84 bits per heavy atom. The van der Waals surface area contributed by atoms with Gasteiger partial charge in [0.2, 0.25) is 0 Å². The van der Waals surface area contributed by atoms with E-state index in [9.17, 15) is 4.79 Å². The van der Waals surface area contributed by atoms with Gasteiger partial charge >= 0.3 is 5.97 Å². The van der Waals surface area contributed by atoms with Crippen LogP contribution in [0.1, 0.15) is 16.1 Å².